The number of carbonyl (C=O) groups excluding carboxylic acids is 1. The van der Waals surface area contributed by atoms with Gasteiger partial charge in [-0.2, -0.15) is 0 Å². The fraction of sp³-hybridized carbons (Fsp3) is 0.387. The first-order chi connectivity index (χ1) is 17.4. The lowest BCUT2D eigenvalue weighted by Crippen LogP contribution is -2.59. The number of ether oxygens (including phenoxy) is 1. The molecule has 1 unspecified atom stereocenters. The van der Waals surface area contributed by atoms with Gasteiger partial charge in [0.2, 0.25) is 0 Å². The maximum absolute atomic E-state index is 13.2. The lowest BCUT2D eigenvalue weighted by molar-refractivity contribution is 0.0268. The summed E-state index contributed by atoms with van der Waals surface area (Å²) in [6, 6.07) is 26.4. The van der Waals surface area contributed by atoms with Crippen LogP contribution in [-0.2, 0) is 19.3 Å². The molecule has 0 radical (unpaired) electrons. The first-order valence-corrected chi connectivity index (χ1v) is 16.8. The van der Waals surface area contributed by atoms with E-state index in [0.717, 1.165) is 42.8 Å². The summed E-state index contributed by atoms with van der Waals surface area (Å²) < 4.78 is 6.80. The van der Waals surface area contributed by atoms with Gasteiger partial charge in [-0.1, -0.05) is 66.7 Å². The first kappa shape index (κ1) is 26.5. The smallest absolute Gasteiger partial charge is 0.254 e. The molecule has 2 N–H and O–H groups in total. The van der Waals surface area contributed by atoms with Gasteiger partial charge >= 0.3 is 0 Å². The van der Waals surface area contributed by atoms with Crippen LogP contribution in [0, 0.1) is 0 Å². The molecular weight excluding hydrogens is 459 g/mol. The normalized spacial score (nSPS) is 17.9. The molecule has 1 amide bonds. The van der Waals surface area contributed by atoms with E-state index in [4.69, 9.17) is 10.5 Å². The Hall–Kier alpha value is -2.58. The monoisotopic (exact) mass is 498 g/mol. The molecule has 0 bridgehead atoms. The van der Waals surface area contributed by atoms with Crippen LogP contribution in [-0.4, -0.2) is 49.7 Å². The molecule has 2 aliphatic heterocycles. The highest BCUT2D eigenvalue weighted by Gasteiger charge is 2.44. The maximum Gasteiger partial charge on any atom is 0.254 e. The molecule has 3 aromatic rings. The summed E-state index contributed by atoms with van der Waals surface area (Å²) in [6.45, 7) is 1.67. The van der Waals surface area contributed by atoms with E-state index in [1.165, 1.54) is 11.1 Å². The zero-order chi connectivity index (χ0) is 25.5. The average Bonchev–Trinajstić information content (AvgIpc) is 3.40. The van der Waals surface area contributed by atoms with E-state index in [-0.39, 0.29) is 26.1 Å². The van der Waals surface area contributed by atoms with Gasteiger partial charge in [0.05, 0.1) is 0 Å². The third kappa shape index (κ3) is 6.40. The average molecular weight is 499 g/mol. The molecule has 4 nitrogen and oxygen atoms in total. The largest absolute Gasteiger partial charge is 0.485 e. The quantitative estimate of drug-likeness (QED) is 0.454. The topological polar surface area (TPSA) is 55.6 Å². The second-order valence-electron chi connectivity index (χ2n) is 10.8. The highest BCUT2D eigenvalue weighted by molar-refractivity contribution is 6.54. The lowest BCUT2D eigenvalue weighted by Gasteiger charge is -2.44. The Kier molecular flexibility index (Phi) is 8.91. The number of amides is 1. The summed E-state index contributed by atoms with van der Waals surface area (Å²) in [7, 11) is 0. The van der Waals surface area contributed by atoms with E-state index < -0.39 is 5.60 Å². The van der Waals surface area contributed by atoms with Crippen molar-refractivity contribution < 1.29 is 9.53 Å². The van der Waals surface area contributed by atoms with E-state index in [1.54, 1.807) is 0 Å². The van der Waals surface area contributed by atoms with E-state index in [9.17, 15) is 4.79 Å². The molecule has 5 rings (SSSR count). The molecule has 1 fully saturated rings. The van der Waals surface area contributed by atoms with Gasteiger partial charge in [0.25, 0.3) is 20.1 Å². The second-order valence-corrected chi connectivity index (χ2v) is 14.3. The second kappa shape index (κ2) is 12.1. The van der Waals surface area contributed by atoms with Crippen LogP contribution < -0.4 is 10.5 Å². The van der Waals surface area contributed by atoms with Gasteiger partial charge in [-0.25, -0.2) is 0 Å². The predicted octanol–water partition coefficient (Wildman–Crippen LogP) is 5.78. The van der Waals surface area contributed by atoms with Gasteiger partial charge in [0.1, 0.15) is 11.4 Å². The zero-order valence-corrected chi connectivity index (χ0v) is 23.1. The van der Waals surface area contributed by atoms with Crippen LogP contribution in [0.25, 0.3) is 0 Å². The van der Waals surface area contributed by atoms with E-state index in [1.807, 2.05) is 35.2 Å². The number of benzene rings is 3. The van der Waals surface area contributed by atoms with Crippen molar-refractivity contribution in [2.45, 2.75) is 61.1 Å². The van der Waals surface area contributed by atoms with Crippen LogP contribution in [0.3, 0.4) is 0 Å². The van der Waals surface area contributed by atoms with E-state index in [0.29, 0.717) is 19.3 Å². The van der Waals surface area contributed by atoms with Gasteiger partial charge < -0.3 is 15.4 Å². The minimum Gasteiger partial charge on any atom is -0.485 e. The summed E-state index contributed by atoms with van der Waals surface area (Å²) in [5.41, 5.74) is 10.4. The Labute approximate surface area is 220 Å². The van der Waals surface area contributed by atoms with E-state index in [2.05, 4.69) is 65.9 Å². The Morgan fingerprint density at radius 1 is 0.889 bits per heavy atom. The minimum absolute atomic E-state index is 0.105. The van der Waals surface area contributed by atoms with Crippen LogP contribution in [0.1, 0.15) is 39.9 Å². The summed E-state index contributed by atoms with van der Waals surface area (Å²) in [5, 5.41) is 0. The van der Waals surface area contributed by atoms with Crippen LogP contribution in [0.5, 0.6) is 5.75 Å². The molecule has 3 aromatic carbocycles. The summed E-state index contributed by atoms with van der Waals surface area (Å²) in [5.74, 6) is 7.82. The number of fused-ring (bicyclic) bond motifs is 1. The summed E-state index contributed by atoms with van der Waals surface area (Å²) in [4.78, 5) is 15.2. The van der Waals surface area contributed by atoms with E-state index >= 15 is 0 Å². The number of nitrogens with two attached hydrogens (primary N) is 1. The Morgan fingerprint density at radius 2 is 1.42 bits per heavy atom. The van der Waals surface area contributed by atoms with Gasteiger partial charge in [0.15, 0.2) is 0 Å². The lowest BCUT2D eigenvalue weighted by atomic mass is 9.77. The molecular formula is C31H39AlN2O2. The Bertz CT molecular complexity index is 1080. The predicted molar refractivity (Wildman–Crippen MR) is 150 cm³/mol. The SMILES string of the molecule is NC1Cc2c(cccc2C(=O)N2CCCC2)OC1(Cc1ccccc1)Cc1ccccc1.[CH3][Al]([CH3])[CH3]. The molecule has 0 aromatic heterocycles. The van der Waals surface area contributed by atoms with Crippen molar-refractivity contribution in [1.29, 1.82) is 0 Å². The Balaban J connectivity index is 0.000000709. The number of nitrogens with zero attached hydrogens (tertiary/aromatic N) is 1. The molecule has 2 aliphatic rings. The molecule has 2 heterocycles. The minimum atomic E-state index is -0.578. The first-order valence-electron chi connectivity index (χ1n) is 13.3. The number of hydrogen-bond donors (Lipinski definition) is 1. The van der Waals surface area contributed by atoms with Crippen LogP contribution in [0.15, 0.2) is 78.9 Å². The van der Waals surface area contributed by atoms with Gasteiger partial charge in [0, 0.05) is 43.1 Å². The molecule has 1 atom stereocenters. The third-order valence-electron chi connectivity index (χ3n) is 6.86. The number of rotatable bonds is 5. The van der Waals surface area contributed by atoms with Crippen molar-refractivity contribution in [3.05, 3.63) is 101 Å². The van der Waals surface area contributed by atoms with Crippen LogP contribution >= 0.6 is 0 Å². The van der Waals surface area contributed by atoms with Crippen LogP contribution in [0.2, 0.25) is 17.4 Å². The van der Waals surface area contributed by atoms with Crippen molar-refractivity contribution in [1.82, 2.24) is 4.90 Å². The third-order valence-corrected chi connectivity index (χ3v) is 6.86. The molecule has 36 heavy (non-hydrogen) atoms. The van der Waals surface area contributed by atoms with Gasteiger partial charge in [-0.3, -0.25) is 4.79 Å². The number of carbonyl (C=O) groups is 1. The van der Waals surface area contributed by atoms with Gasteiger partial charge in [-0.05, 0) is 42.5 Å². The fourth-order valence-electron chi connectivity index (χ4n) is 5.14. The highest BCUT2D eigenvalue weighted by Crippen LogP contribution is 2.39. The van der Waals surface area contributed by atoms with Gasteiger partial charge in [-0.15, -0.1) is 17.4 Å². The molecule has 0 saturated carbocycles. The zero-order valence-electron chi connectivity index (χ0n) is 22.0. The van der Waals surface area contributed by atoms with Crippen LogP contribution in [0.4, 0.5) is 0 Å². The maximum atomic E-state index is 13.2. The molecule has 1 saturated heterocycles. The van der Waals surface area contributed by atoms with Crippen molar-refractivity contribution in [3.8, 4) is 5.75 Å². The number of hydrogen-bond acceptors (Lipinski definition) is 3. The van der Waals surface area contributed by atoms with Crippen molar-refractivity contribution in [2.24, 2.45) is 5.73 Å². The standard InChI is InChI=1S/C28H30N2O2.3CH3.Al/c29-26-18-24-23(27(31)30-16-7-8-17-30)14-9-15-25(24)32-28(26,19-21-10-3-1-4-11-21)20-22-12-5-2-6-13-22;;;;/h1-6,9-15,26H,7-8,16-20,29H2;3*1H3;. The van der Waals surface area contributed by atoms with Crippen molar-refractivity contribution in [2.75, 3.05) is 13.1 Å². The molecule has 188 valence electrons. The summed E-state index contributed by atoms with van der Waals surface area (Å²) in [6.07, 6.45) is 4.22. The number of likely N-dealkylation sites (tertiary alicyclic amines) is 1. The fourth-order valence-corrected chi connectivity index (χ4v) is 5.14. The van der Waals surface area contributed by atoms with Crippen molar-refractivity contribution >= 4 is 20.1 Å². The molecule has 0 spiro atoms. The molecule has 5 heteroatoms. The highest BCUT2D eigenvalue weighted by atomic mass is 27.2. The van der Waals surface area contributed by atoms with Crippen molar-refractivity contribution in [3.63, 3.8) is 0 Å². The summed E-state index contributed by atoms with van der Waals surface area (Å²) >= 11 is -0.139. The Morgan fingerprint density at radius 3 is 1.94 bits per heavy atom. The molecule has 0 aliphatic carbocycles.